The van der Waals surface area contributed by atoms with Crippen LogP contribution in [0.25, 0.3) is 0 Å². The van der Waals surface area contributed by atoms with Crippen molar-refractivity contribution in [3.63, 3.8) is 0 Å². The number of nitrogens with one attached hydrogen (secondary N) is 1. The maximum Gasteiger partial charge on any atom is 0.275 e. The highest BCUT2D eigenvalue weighted by atomic mass is 32.1. The molecule has 0 spiro atoms. The largest absolute Gasteiger partial charge is 0.490 e. The van der Waals surface area contributed by atoms with Crippen molar-refractivity contribution in [3.8, 4) is 5.75 Å². The van der Waals surface area contributed by atoms with Crippen molar-refractivity contribution in [2.45, 2.75) is 37.5 Å². The Kier molecular flexibility index (Phi) is 6.98. The minimum Gasteiger partial charge on any atom is -0.490 e. The SMILES string of the molecule is CN1C(=O)c2cc(NC(=O)c3cscn3)ccc2OC[C@H]2O[C@H](CC(=O)N3CCOCC3)CC[C@@H]21. The minimum absolute atomic E-state index is 0.0746. The quantitative estimate of drug-likeness (QED) is 0.684. The van der Waals surface area contributed by atoms with E-state index in [9.17, 15) is 14.4 Å². The summed E-state index contributed by atoms with van der Waals surface area (Å²) in [6.45, 7) is 2.63. The number of carbonyl (C=O) groups is 3. The Morgan fingerprint density at radius 3 is 2.83 bits per heavy atom. The molecule has 1 aromatic heterocycles. The molecule has 2 fully saturated rings. The zero-order valence-corrected chi connectivity index (χ0v) is 20.3. The summed E-state index contributed by atoms with van der Waals surface area (Å²) in [4.78, 5) is 45.9. The smallest absolute Gasteiger partial charge is 0.275 e. The van der Waals surface area contributed by atoms with Crippen molar-refractivity contribution in [1.82, 2.24) is 14.8 Å². The molecule has 2 aromatic rings. The predicted molar refractivity (Wildman–Crippen MR) is 128 cm³/mol. The van der Waals surface area contributed by atoms with Gasteiger partial charge in [-0.1, -0.05) is 0 Å². The fourth-order valence-electron chi connectivity index (χ4n) is 4.76. The highest BCUT2D eigenvalue weighted by Gasteiger charge is 2.39. The van der Waals surface area contributed by atoms with Crippen LogP contribution >= 0.6 is 11.3 Å². The average molecular weight is 501 g/mol. The second-order valence-electron chi connectivity index (χ2n) is 8.90. The van der Waals surface area contributed by atoms with Crippen LogP contribution in [0.5, 0.6) is 5.75 Å². The fraction of sp³-hybridized carbons (Fsp3) is 0.500. The first-order valence-electron chi connectivity index (χ1n) is 11.7. The number of hydrogen-bond acceptors (Lipinski definition) is 8. The Bertz CT molecular complexity index is 1090. The van der Waals surface area contributed by atoms with Crippen LogP contribution in [0.4, 0.5) is 5.69 Å². The van der Waals surface area contributed by atoms with Gasteiger partial charge in [0.1, 0.15) is 24.2 Å². The van der Waals surface area contributed by atoms with Crippen LogP contribution in [0.3, 0.4) is 0 Å². The molecule has 0 aliphatic carbocycles. The normalized spacial score (nSPS) is 24.5. The van der Waals surface area contributed by atoms with Crippen LogP contribution in [0.1, 0.15) is 40.1 Å². The van der Waals surface area contributed by atoms with E-state index in [1.165, 1.54) is 11.3 Å². The lowest BCUT2D eigenvalue weighted by Gasteiger charge is -2.42. The molecular weight excluding hydrogens is 472 g/mol. The number of hydrogen-bond donors (Lipinski definition) is 1. The zero-order valence-electron chi connectivity index (χ0n) is 19.5. The third-order valence-corrected chi connectivity index (χ3v) is 7.29. The molecule has 0 unspecified atom stereocenters. The summed E-state index contributed by atoms with van der Waals surface area (Å²) < 4.78 is 17.6. The van der Waals surface area contributed by atoms with Gasteiger partial charge in [-0.05, 0) is 31.0 Å². The fourth-order valence-corrected chi connectivity index (χ4v) is 5.29. The maximum atomic E-state index is 13.4. The molecule has 35 heavy (non-hydrogen) atoms. The van der Waals surface area contributed by atoms with E-state index >= 15 is 0 Å². The average Bonchev–Trinajstić information content (AvgIpc) is 3.42. The second kappa shape index (κ2) is 10.3. The van der Waals surface area contributed by atoms with Gasteiger partial charge < -0.3 is 29.3 Å². The molecule has 4 heterocycles. The monoisotopic (exact) mass is 500 g/mol. The van der Waals surface area contributed by atoms with E-state index in [1.54, 1.807) is 41.0 Å². The molecular formula is C24H28N4O6S. The van der Waals surface area contributed by atoms with Gasteiger partial charge in [0, 0.05) is 31.2 Å². The topological polar surface area (TPSA) is 110 Å². The third-order valence-electron chi connectivity index (χ3n) is 6.70. The number of rotatable bonds is 4. The Balaban J connectivity index is 1.27. The van der Waals surface area contributed by atoms with E-state index < -0.39 is 0 Å². The molecule has 3 atom stereocenters. The van der Waals surface area contributed by atoms with E-state index in [0.717, 1.165) is 0 Å². The van der Waals surface area contributed by atoms with Crippen LogP contribution < -0.4 is 10.1 Å². The van der Waals surface area contributed by atoms with Crippen LogP contribution in [0, 0.1) is 0 Å². The lowest BCUT2D eigenvalue weighted by molar-refractivity contribution is -0.146. The predicted octanol–water partition coefficient (Wildman–Crippen LogP) is 2.02. The number of morpholine rings is 1. The van der Waals surface area contributed by atoms with Gasteiger partial charge in [-0.2, -0.15) is 0 Å². The summed E-state index contributed by atoms with van der Waals surface area (Å²) >= 11 is 1.34. The molecule has 11 heteroatoms. The zero-order chi connectivity index (χ0) is 24.4. The molecule has 0 radical (unpaired) electrons. The van der Waals surface area contributed by atoms with Crippen molar-refractivity contribution in [1.29, 1.82) is 0 Å². The van der Waals surface area contributed by atoms with Crippen molar-refractivity contribution in [2.75, 3.05) is 45.3 Å². The van der Waals surface area contributed by atoms with E-state index in [2.05, 4.69) is 10.3 Å². The Morgan fingerprint density at radius 2 is 2.06 bits per heavy atom. The number of fused-ring (bicyclic) bond motifs is 2. The summed E-state index contributed by atoms with van der Waals surface area (Å²) in [7, 11) is 1.76. The van der Waals surface area contributed by atoms with Crippen LogP contribution in [-0.2, 0) is 14.3 Å². The van der Waals surface area contributed by atoms with Crippen LogP contribution in [-0.4, -0.2) is 90.7 Å². The van der Waals surface area contributed by atoms with E-state index in [4.69, 9.17) is 14.2 Å². The number of likely N-dealkylation sites (N-methyl/N-ethyl adjacent to an activating group) is 1. The summed E-state index contributed by atoms with van der Waals surface area (Å²) in [5.41, 5.74) is 2.79. The summed E-state index contributed by atoms with van der Waals surface area (Å²) in [5, 5.41) is 4.45. The van der Waals surface area contributed by atoms with Crippen molar-refractivity contribution >= 4 is 34.7 Å². The summed E-state index contributed by atoms with van der Waals surface area (Å²) in [6, 6.07) is 4.84. The van der Waals surface area contributed by atoms with Gasteiger partial charge in [-0.15, -0.1) is 11.3 Å². The molecule has 3 amide bonds. The molecule has 3 aliphatic rings. The Labute approximate surface area is 207 Å². The van der Waals surface area contributed by atoms with Gasteiger partial charge in [0.15, 0.2) is 0 Å². The van der Waals surface area contributed by atoms with E-state index in [0.29, 0.717) is 68.3 Å². The molecule has 5 rings (SSSR count). The van der Waals surface area contributed by atoms with E-state index in [1.807, 2.05) is 4.90 Å². The maximum absolute atomic E-state index is 13.4. The number of aromatic nitrogens is 1. The Morgan fingerprint density at radius 1 is 1.23 bits per heavy atom. The molecule has 1 N–H and O–H groups in total. The minimum atomic E-state index is -0.336. The van der Waals surface area contributed by atoms with Crippen LogP contribution in [0.2, 0.25) is 0 Å². The standard InChI is InChI=1S/C24H28N4O6S/c1-27-19-4-3-16(11-22(29)28-6-8-32-9-7-28)34-21(19)12-33-20-5-2-15(10-17(20)24(27)31)26-23(30)18-13-35-14-25-18/h2,5,10,13-14,16,19,21H,3-4,6-9,11-12H2,1H3,(H,26,30)/t16-,19-,21+/m0/s1. The van der Waals surface area contributed by atoms with Crippen molar-refractivity contribution in [2.24, 2.45) is 0 Å². The number of ether oxygens (including phenoxy) is 3. The first kappa shape index (κ1) is 23.7. The van der Waals surface area contributed by atoms with Gasteiger partial charge in [-0.3, -0.25) is 14.4 Å². The van der Waals surface area contributed by atoms with Crippen molar-refractivity contribution in [3.05, 3.63) is 40.3 Å². The van der Waals surface area contributed by atoms with Gasteiger partial charge in [-0.25, -0.2) is 4.98 Å². The second-order valence-corrected chi connectivity index (χ2v) is 9.62. The molecule has 10 nitrogen and oxygen atoms in total. The first-order valence-corrected chi connectivity index (χ1v) is 12.7. The lowest BCUT2D eigenvalue weighted by atomic mass is 9.94. The summed E-state index contributed by atoms with van der Waals surface area (Å²) in [5.74, 6) is -0.0318. The van der Waals surface area contributed by atoms with Gasteiger partial charge in [0.05, 0.1) is 42.9 Å². The number of amides is 3. The molecule has 3 aliphatic heterocycles. The third kappa shape index (κ3) is 5.16. The highest BCUT2D eigenvalue weighted by molar-refractivity contribution is 7.07. The summed E-state index contributed by atoms with van der Waals surface area (Å²) in [6.07, 6.45) is 1.18. The molecule has 1 aromatic carbocycles. The molecule has 0 bridgehead atoms. The molecule has 2 saturated heterocycles. The molecule has 186 valence electrons. The van der Waals surface area contributed by atoms with E-state index in [-0.39, 0.29) is 42.6 Å². The number of benzene rings is 1. The lowest BCUT2D eigenvalue weighted by Crippen LogP contribution is -2.54. The Hall–Kier alpha value is -3.02. The van der Waals surface area contributed by atoms with Gasteiger partial charge in [0.25, 0.3) is 11.8 Å². The van der Waals surface area contributed by atoms with Gasteiger partial charge in [0.2, 0.25) is 5.91 Å². The number of carbonyl (C=O) groups excluding carboxylic acids is 3. The number of thiazole rings is 1. The van der Waals surface area contributed by atoms with Crippen LogP contribution in [0.15, 0.2) is 29.1 Å². The first-order chi connectivity index (χ1) is 17.0. The van der Waals surface area contributed by atoms with Gasteiger partial charge >= 0.3 is 0 Å². The number of anilines is 1. The number of nitrogens with zero attached hydrogens (tertiary/aromatic N) is 3. The highest BCUT2D eigenvalue weighted by Crippen LogP contribution is 2.32. The van der Waals surface area contributed by atoms with Crippen molar-refractivity contribution < 1.29 is 28.6 Å². The molecule has 0 saturated carbocycles.